The first kappa shape index (κ1) is 13.7. The molecule has 0 spiro atoms. The van der Waals surface area contributed by atoms with E-state index in [0.717, 1.165) is 25.0 Å². The SMILES string of the molecule is CN(Cc1ccc(F)c(F)c1)C(=O)CC1C=CCC1. The maximum absolute atomic E-state index is 13.1. The van der Waals surface area contributed by atoms with Crippen LogP contribution in [0.25, 0.3) is 0 Å². The molecule has 1 atom stereocenters. The zero-order valence-electron chi connectivity index (χ0n) is 10.9. The Labute approximate surface area is 111 Å². The highest BCUT2D eigenvalue weighted by Crippen LogP contribution is 2.21. The molecule has 1 aliphatic rings. The Morgan fingerprint density at radius 3 is 2.79 bits per heavy atom. The third-order valence-corrected chi connectivity index (χ3v) is 3.38. The first-order chi connectivity index (χ1) is 9.06. The Morgan fingerprint density at radius 1 is 1.37 bits per heavy atom. The van der Waals surface area contributed by atoms with Gasteiger partial charge in [-0.15, -0.1) is 0 Å². The van der Waals surface area contributed by atoms with E-state index in [2.05, 4.69) is 12.2 Å². The summed E-state index contributed by atoms with van der Waals surface area (Å²) in [7, 11) is 1.68. The maximum atomic E-state index is 13.1. The van der Waals surface area contributed by atoms with Gasteiger partial charge in [0, 0.05) is 20.0 Å². The van der Waals surface area contributed by atoms with E-state index in [-0.39, 0.29) is 5.91 Å². The topological polar surface area (TPSA) is 20.3 Å². The van der Waals surface area contributed by atoms with E-state index in [4.69, 9.17) is 0 Å². The Balaban J connectivity index is 1.92. The second-order valence-corrected chi connectivity index (χ2v) is 4.97. The first-order valence-corrected chi connectivity index (χ1v) is 6.41. The lowest BCUT2D eigenvalue weighted by molar-refractivity contribution is -0.131. The fraction of sp³-hybridized carbons (Fsp3) is 0.400. The summed E-state index contributed by atoms with van der Waals surface area (Å²) in [5.41, 5.74) is 0.594. The van der Waals surface area contributed by atoms with E-state index in [1.54, 1.807) is 11.9 Å². The summed E-state index contributed by atoms with van der Waals surface area (Å²) in [6, 6.07) is 3.72. The van der Waals surface area contributed by atoms with Gasteiger partial charge < -0.3 is 4.90 Å². The van der Waals surface area contributed by atoms with Crippen LogP contribution in [0.2, 0.25) is 0 Å². The van der Waals surface area contributed by atoms with Gasteiger partial charge >= 0.3 is 0 Å². The Hall–Kier alpha value is -1.71. The van der Waals surface area contributed by atoms with Crippen molar-refractivity contribution in [3.05, 3.63) is 47.5 Å². The lowest BCUT2D eigenvalue weighted by Crippen LogP contribution is -2.27. The van der Waals surface area contributed by atoms with Gasteiger partial charge in [-0.3, -0.25) is 4.79 Å². The number of carbonyl (C=O) groups is 1. The van der Waals surface area contributed by atoms with E-state index in [1.807, 2.05) is 0 Å². The normalized spacial score (nSPS) is 17.7. The Morgan fingerprint density at radius 2 is 2.16 bits per heavy atom. The van der Waals surface area contributed by atoms with Crippen LogP contribution < -0.4 is 0 Å². The monoisotopic (exact) mass is 265 g/mol. The highest BCUT2D eigenvalue weighted by Gasteiger charge is 2.17. The minimum Gasteiger partial charge on any atom is -0.341 e. The van der Waals surface area contributed by atoms with Crippen molar-refractivity contribution in [3.8, 4) is 0 Å². The van der Waals surface area contributed by atoms with E-state index < -0.39 is 11.6 Å². The average Bonchev–Trinajstić information content (AvgIpc) is 2.86. The van der Waals surface area contributed by atoms with Crippen molar-refractivity contribution in [1.82, 2.24) is 4.90 Å². The predicted octanol–water partition coefficient (Wildman–Crippen LogP) is 3.28. The van der Waals surface area contributed by atoms with Crippen LogP contribution in [0, 0.1) is 17.6 Å². The fourth-order valence-corrected chi connectivity index (χ4v) is 2.25. The molecular weight excluding hydrogens is 248 g/mol. The Kier molecular flexibility index (Phi) is 4.30. The van der Waals surface area contributed by atoms with Gasteiger partial charge in [0.2, 0.25) is 5.91 Å². The highest BCUT2D eigenvalue weighted by atomic mass is 19.2. The molecule has 0 bridgehead atoms. The highest BCUT2D eigenvalue weighted by molar-refractivity contribution is 5.76. The summed E-state index contributed by atoms with van der Waals surface area (Å²) >= 11 is 0. The van der Waals surface area contributed by atoms with Crippen molar-refractivity contribution in [2.75, 3.05) is 7.05 Å². The van der Waals surface area contributed by atoms with Gasteiger partial charge in [0.25, 0.3) is 0 Å². The molecule has 0 N–H and O–H groups in total. The van der Waals surface area contributed by atoms with Gasteiger partial charge in [0.1, 0.15) is 0 Å². The molecule has 0 radical (unpaired) electrons. The molecule has 2 nitrogen and oxygen atoms in total. The quantitative estimate of drug-likeness (QED) is 0.765. The van der Waals surface area contributed by atoms with Crippen molar-refractivity contribution in [2.45, 2.75) is 25.8 Å². The molecule has 1 aromatic carbocycles. The third-order valence-electron chi connectivity index (χ3n) is 3.38. The molecule has 102 valence electrons. The molecule has 0 fully saturated rings. The van der Waals surface area contributed by atoms with Crippen LogP contribution in [-0.2, 0) is 11.3 Å². The van der Waals surface area contributed by atoms with E-state index >= 15 is 0 Å². The second kappa shape index (κ2) is 5.95. The van der Waals surface area contributed by atoms with Crippen LogP contribution in [-0.4, -0.2) is 17.9 Å². The van der Waals surface area contributed by atoms with Crippen LogP contribution in [0.4, 0.5) is 8.78 Å². The molecular formula is C15H17F2NO. The van der Waals surface area contributed by atoms with Gasteiger partial charge in [0.05, 0.1) is 0 Å². The summed E-state index contributed by atoms with van der Waals surface area (Å²) in [4.78, 5) is 13.5. The van der Waals surface area contributed by atoms with E-state index in [1.165, 1.54) is 6.07 Å². The minimum absolute atomic E-state index is 0.0290. The first-order valence-electron chi connectivity index (χ1n) is 6.41. The molecule has 0 aliphatic heterocycles. The molecule has 1 aromatic rings. The molecule has 19 heavy (non-hydrogen) atoms. The largest absolute Gasteiger partial charge is 0.341 e. The van der Waals surface area contributed by atoms with Crippen LogP contribution in [0.1, 0.15) is 24.8 Å². The predicted molar refractivity (Wildman–Crippen MR) is 69.3 cm³/mol. The summed E-state index contributed by atoms with van der Waals surface area (Å²) < 4.78 is 25.9. The minimum atomic E-state index is -0.878. The molecule has 0 heterocycles. The number of hydrogen-bond donors (Lipinski definition) is 0. The van der Waals surface area contributed by atoms with Crippen molar-refractivity contribution < 1.29 is 13.6 Å². The number of amides is 1. The lowest BCUT2D eigenvalue weighted by atomic mass is 10.0. The van der Waals surface area contributed by atoms with E-state index in [9.17, 15) is 13.6 Å². The van der Waals surface area contributed by atoms with Gasteiger partial charge in [-0.1, -0.05) is 18.2 Å². The average molecular weight is 265 g/mol. The molecule has 4 heteroatoms. The van der Waals surface area contributed by atoms with Crippen molar-refractivity contribution in [2.24, 2.45) is 5.92 Å². The molecule has 2 rings (SSSR count). The van der Waals surface area contributed by atoms with Crippen molar-refractivity contribution >= 4 is 5.91 Å². The molecule has 1 aliphatic carbocycles. The fourth-order valence-electron chi connectivity index (χ4n) is 2.25. The number of carbonyl (C=O) groups excluding carboxylic acids is 1. The number of allylic oxidation sites excluding steroid dienone is 2. The molecule has 1 unspecified atom stereocenters. The van der Waals surface area contributed by atoms with Crippen molar-refractivity contribution in [3.63, 3.8) is 0 Å². The van der Waals surface area contributed by atoms with Crippen LogP contribution >= 0.6 is 0 Å². The number of benzene rings is 1. The molecule has 0 saturated carbocycles. The second-order valence-electron chi connectivity index (χ2n) is 4.97. The summed E-state index contributed by atoms with van der Waals surface area (Å²) in [5, 5.41) is 0. The smallest absolute Gasteiger partial charge is 0.223 e. The van der Waals surface area contributed by atoms with Crippen LogP contribution in [0.15, 0.2) is 30.4 Å². The molecule has 0 saturated heterocycles. The molecule has 1 amide bonds. The van der Waals surface area contributed by atoms with E-state index in [0.29, 0.717) is 24.4 Å². The standard InChI is InChI=1S/C15H17F2NO/c1-18(15(19)9-11-4-2-3-5-11)10-12-6-7-13(16)14(17)8-12/h2,4,6-8,11H,3,5,9-10H2,1H3. The number of rotatable bonds is 4. The van der Waals surface area contributed by atoms with Crippen LogP contribution in [0.5, 0.6) is 0 Å². The lowest BCUT2D eigenvalue weighted by Gasteiger charge is -2.19. The number of hydrogen-bond acceptors (Lipinski definition) is 1. The van der Waals surface area contributed by atoms with Gasteiger partial charge in [0.15, 0.2) is 11.6 Å². The Bertz CT molecular complexity index is 499. The third kappa shape index (κ3) is 3.63. The van der Waals surface area contributed by atoms with Crippen molar-refractivity contribution in [1.29, 1.82) is 0 Å². The molecule has 0 aromatic heterocycles. The van der Waals surface area contributed by atoms with Crippen LogP contribution in [0.3, 0.4) is 0 Å². The number of nitrogens with zero attached hydrogens (tertiary/aromatic N) is 1. The zero-order valence-corrected chi connectivity index (χ0v) is 10.9. The van der Waals surface area contributed by atoms with Gasteiger partial charge in [-0.25, -0.2) is 8.78 Å². The summed E-state index contributed by atoms with van der Waals surface area (Å²) in [6.07, 6.45) is 6.70. The van der Waals surface area contributed by atoms with Gasteiger partial charge in [-0.05, 0) is 36.5 Å². The summed E-state index contributed by atoms with van der Waals surface area (Å²) in [5.74, 6) is -1.40. The maximum Gasteiger partial charge on any atom is 0.223 e. The summed E-state index contributed by atoms with van der Waals surface area (Å²) in [6.45, 7) is 0.298. The zero-order chi connectivity index (χ0) is 13.8. The number of halogens is 2. The van der Waals surface area contributed by atoms with Gasteiger partial charge in [-0.2, -0.15) is 0 Å².